The predicted octanol–water partition coefficient (Wildman–Crippen LogP) is 6.82. The summed E-state index contributed by atoms with van der Waals surface area (Å²) in [6.45, 7) is 16.2. The molecule has 0 saturated carbocycles. The Labute approximate surface area is 226 Å². The predicted molar refractivity (Wildman–Crippen MR) is 156 cm³/mol. The highest BCUT2D eigenvalue weighted by Crippen LogP contribution is 2.39. The molecule has 1 aliphatic carbocycles. The zero-order chi connectivity index (χ0) is 26.1. The van der Waals surface area contributed by atoms with Gasteiger partial charge in [0.2, 0.25) is 0 Å². The molecule has 1 saturated heterocycles. The summed E-state index contributed by atoms with van der Waals surface area (Å²) in [4.78, 5) is 14.6. The Kier molecular flexibility index (Phi) is 7.43. The molecule has 3 heterocycles. The average Bonchev–Trinajstić information content (AvgIpc) is 2.91. The molecule has 2 unspecified atom stereocenters. The van der Waals surface area contributed by atoms with Crippen LogP contribution in [-0.2, 0) is 12.8 Å². The molecule has 1 aliphatic heterocycles. The quantitative estimate of drug-likeness (QED) is 0.374. The highest BCUT2D eigenvalue weighted by Gasteiger charge is 2.28. The first-order valence-electron chi connectivity index (χ1n) is 13.6. The van der Waals surface area contributed by atoms with Crippen molar-refractivity contribution in [2.24, 2.45) is 0 Å². The Hall–Kier alpha value is -3.05. The van der Waals surface area contributed by atoms with E-state index in [1.165, 1.54) is 24.1 Å². The highest BCUT2D eigenvalue weighted by molar-refractivity contribution is 6.36. The van der Waals surface area contributed by atoms with E-state index in [4.69, 9.17) is 22.3 Å². The van der Waals surface area contributed by atoms with Gasteiger partial charge in [-0.3, -0.25) is 9.97 Å². The molecule has 37 heavy (non-hydrogen) atoms. The van der Waals surface area contributed by atoms with Gasteiger partial charge in [0.1, 0.15) is 0 Å². The van der Waals surface area contributed by atoms with Gasteiger partial charge in [-0.05, 0) is 68.4 Å². The number of unbranched alkanes of at least 4 members (excludes halogenated alkanes) is 1. The van der Waals surface area contributed by atoms with Crippen molar-refractivity contribution in [3.63, 3.8) is 0 Å². The van der Waals surface area contributed by atoms with Gasteiger partial charge in [-0.15, -0.1) is 0 Å². The molecule has 3 aromatic rings. The van der Waals surface area contributed by atoms with E-state index in [1.54, 1.807) is 0 Å². The lowest BCUT2D eigenvalue weighted by Gasteiger charge is -2.44. The van der Waals surface area contributed by atoms with Crippen molar-refractivity contribution >= 4 is 33.9 Å². The first-order chi connectivity index (χ1) is 17.9. The molecule has 0 spiro atoms. The van der Waals surface area contributed by atoms with Crippen molar-refractivity contribution in [1.82, 2.24) is 19.8 Å². The van der Waals surface area contributed by atoms with E-state index in [9.17, 15) is 0 Å². The molecule has 0 bridgehead atoms. The number of pyridine rings is 2. The van der Waals surface area contributed by atoms with Crippen LogP contribution in [0.25, 0.3) is 16.6 Å². The molecule has 2 aromatic heterocycles. The number of nitrogens with two attached hydrogens (primary N) is 1. The zero-order valence-electron chi connectivity index (χ0n) is 22.1. The SMILES string of the molecule is C=C(c1ccc2c(Cl)c3c(nc2c1)CC(c1ncccc1N)CC3)N1CCN(C(=C)CCCC)C(C)C1. The molecule has 194 valence electrons. The minimum Gasteiger partial charge on any atom is -0.397 e. The first kappa shape index (κ1) is 25.6. The molecule has 2 aliphatic rings. The molecule has 5 rings (SSSR count). The Morgan fingerprint density at radius 2 is 2.05 bits per heavy atom. The molecular formula is C31H38ClN5. The molecule has 2 atom stereocenters. The van der Waals surface area contributed by atoms with Crippen LogP contribution in [0, 0.1) is 0 Å². The number of allylic oxidation sites excluding steroid dienone is 1. The fraction of sp³-hybridized carbons (Fsp3) is 0.419. The topological polar surface area (TPSA) is 58.3 Å². The Morgan fingerprint density at radius 3 is 2.81 bits per heavy atom. The maximum Gasteiger partial charge on any atom is 0.0727 e. The number of nitrogen functional groups attached to an aromatic ring is 1. The van der Waals surface area contributed by atoms with Crippen molar-refractivity contribution in [3.8, 4) is 0 Å². The van der Waals surface area contributed by atoms with Crippen LogP contribution in [0.3, 0.4) is 0 Å². The second-order valence-electron chi connectivity index (χ2n) is 10.6. The molecule has 0 radical (unpaired) electrons. The minimum atomic E-state index is 0.262. The third-order valence-corrected chi connectivity index (χ3v) is 8.54. The Bertz CT molecular complexity index is 1330. The van der Waals surface area contributed by atoms with Gasteiger partial charge in [0.15, 0.2) is 0 Å². The van der Waals surface area contributed by atoms with E-state index in [0.29, 0.717) is 6.04 Å². The van der Waals surface area contributed by atoms with Crippen molar-refractivity contribution in [1.29, 1.82) is 0 Å². The number of benzene rings is 1. The van der Waals surface area contributed by atoms with E-state index in [2.05, 4.69) is 60.0 Å². The minimum absolute atomic E-state index is 0.262. The van der Waals surface area contributed by atoms with Gasteiger partial charge in [-0.25, -0.2) is 0 Å². The van der Waals surface area contributed by atoms with Gasteiger partial charge in [0.05, 0.1) is 21.9 Å². The highest BCUT2D eigenvalue weighted by atomic mass is 35.5. The molecule has 2 N–H and O–H groups in total. The van der Waals surface area contributed by atoms with E-state index in [0.717, 1.165) is 89.6 Å². The average molecular weight is 516 g/mol. The number of hydrogen-bond acceptors (Lipinski definition) is 5. The number of nitrogens with zero attached hydrogens (tertiary/aromatic N) is 4. The van der Waals surface area contributed by atoms with Crippen molar-refractivity contribution in [2.45, 2.75) is 64.3 Å². The van der Waals surface area contributed by atoms with Gasteiger partial charge >= 0.3 is 0 Å². The summed E-state index contributed by atoms with van der Waals surface area (Å²) in [6, 6.07) is 10.6. The van der Waals surface area contributed by atoms with Crippen LogP contribution in [0.1, 0.15) is 68.0 Å². The van der Waals surface area contributed by atoms with Crippen LogP contribution in [0.2, 0.25) is 5.02 Å². The standard InChI is InChI=1S/C31H38ClN5/c1-5-6-8-20(2)37-16-15-36(19-21(37)3)22(4)23-10-12-25-28(17-23)35-29-18-24(11-13-26(29)30(25)32)31-27(33)9-7-14-34-31/h7,9-10,12,14,17,21,24H,2,4-6,8,11,13,15-16,18-19,33H2,1,3H3. The van der Waals surface area contributed by atoms with Crippen LogP contribution in [0.5, 0.6) is 0 Å². The van der Waals surface area contributed by atoms with Gasteiger partial charge in [0.25, 0.3) is 0 Å². The summed E-state index contributed by atoms with van der Waals surface area (Å²) in [5, 5.41) is 1.84. The van der Waals surface area contributed by atoms with Crippen molar-refractivity contribution < 1.29 is 0 Å². The van der Waals surface area contributed by atoms with Gasteiger partial charge in [-0.2, -0.15) is 0 Å². The monoisotopic (exact) mass is 515 g/mol. The molecule has 0 amide bonds. The van der Waals surface area contributed by atoms with Crippen LogP contribution >= 0.6 is 11.6 Å². The van der Waals surface area contributed by atoms with E-state index >= 15 is 0 Å². The summed E-state index contributed by atoms with van der Waals surface area (Å²) in [5.41, 5.74) is 14.5. The number of halogens is 1. The first-order valence-corrected chi connectivity index (χ1v) is 13.9. The van der Waals surface area contributed by atoms with Crippen LogP contribution in [-0.4, -0.2) is 45.4 Å². The fourth-order valence-corrected chi connectivity index (χ4v) is 6.32. The fourth-order valence-electron chi connectivity index (χ4n) is 5.95. The largest absolute Gasteiger partial charge is 0.397 e. The van der Waals surface area contributed by atoms with E-state index < -0.39 is 0 Å². The molecule has 1 aromatic carbocycles. The molecule has 5 nitrogen and oxygen atoms in total. The van der Waals surface area contributed by atoms with E-state index in [-0.39, 0.29) is 5.92 Å². The number of hydrogen-bond donors (Lipinski definition) is 1. The third-order valence-electron chi connectivity index (χ3n) is 8.11. The summed E-state index contributed by atoms with van der Waals surface area (Å²) >= 11 is 6.94. The maximum absolute atomic E-state index is 6.94. The lowest BCUT2D eigenvalue weighted by Crippen LogP contribution is -2.50. The number of piperazine rings is 1. The van der Waals surface area contributed by atoms with Crippen LogP contribution in [0.4, 0.5) is 5.69 Å². The second-order valence-corrected chi connectivity index (χ2v) is 11.0. The lowest BCUT2D eigenvalue weighted by molar-refractivity contribution is 0.149. The number of rotatable bonds is 7. The summed E-state index contributed by atoms with van der Waals surface area (Å²) in [5.74, 6) is 0.262. The summed E-state index contributed by atoms with van der Waals surface area (Å²) in [6.07, 6.45) is 7.97. The molecule has 6 heteroatoms. The second kappa shape index (κ2) is 10.7. The van der Waals surface area contributed by atoms with Crippen LogP contribution in [0.15, 0.2) is 55.4 Å². The lowest BCUT2D eigenvalue weighted by atomic mass is 9.83. The Morgan fingerprint density at radius 1 is 1.22 bits per heavy atom. The Balaban J connectivity index is 1.36. The van der Waals surface area contributed by atoms with Gasteiger partial charge in [0, 0.05) is 60.3 Å². The third kappa shape index (κ3) is 5.06. The van der Waals surface area contributed by atoms with Crippen LogP contribution < -0.4 is 5.73 Å². The normalized spacial score (nSPS) is 19.6. The number of anilines is 1. The maximum atomic E-state index is 6.94. The smallest absolute Gasteiger partial charge is 0.0727 e. The molecule has 1 fully saturated rings. The number of fused-ring (bicyclic) bond motifs is 2. The summed E-state index contributed by atoms with van der Waals surface area (Å²) in [7, 11) is 0. The molecular weight excluding hydrogens is 478 g/mol. The van der Waals surface area contributed by atoms with Crippen molar-refractivity contribution in [2.75, 3.05) is 25.4 Å². The number of aromatic nitrogens is 2. The van der Waals surface area contributed by atoms with Crippen molar-refractivity contribution in [3.05, 3.63) is 82.9 Å². The van der Waals surface area contributed by atoms with Gasteiger partial charge in [-0.1, -0.05) is 50.2 Å². The van der Waals surface area contributed by atoms with Gasteiger partial charge < -0.3 is 15.5 Å². The zero-order valence-corrected chi connectivity index (χ0v) is 22.9. The summed E-state index contributed by atoms with van der Waals surface area (Å²) < 4.78 is 0. The van der Waals surface area contributed by atoms with E-state index in [1.807, 2.05) is 18.3 Å².